The maximum absolute atomic E-state index is 12.1. The van der Waals surface area contributed by atoms with Crippen LogP contribution in [-0.4, -0.2) is 0 Å². The zero-order chi connectivity index (χ0) is 13.1. The topological polar surface area (TPSA) is 51.7 Å². The molecule has 0 aliphatic heterocycles. The molecule has 0 fully saturated rings. The molecule has 0 saturated carbocycles. The normalized spacial score (nSPS) is 11.2. The van der Waals surface area contributed by atoms with Crippen molar-refractivity contribution in [1.82, 2.24) is 0 Å². The van der Waals surface area contributed by atoms with Gasteiger partial charge in [-0.05, 0) is 29.4 Å². The summed E-state index contributed by atoms with van der Waals surface area (Å²) < 4.78 is 0.793. The van der Waals surface area contributed by atoms with Gasteiger partial charge >= 0.3 is 5.82 Å². The molecule has 0 bridgehead atoms. The molecule has 0 radical (unpaired) electrons. The quantitative estimate of drug-likeness (QED) is 0.386. The maximum atomic E-state index is 12.1. The first-order chi connectivity index (χ1) is 9.34. The zero-order valence-electron chi connectivity index (χ0n) is 10.1. The van der Waals surface area contributed by atoms with Crippen LogP contribution in [0.15, 0.2) is 77.0 Å². The molecule has 1 heterocycles. The average molecular weight is 249 g/mol. The van der Waals surface area contributed by atoms with Gasteiger partial charge in [-0.1, -0.05) is 36.4 Å². The third-order valence-electron chi connectivity index (χ3n) is 2.80. The van der Waals surface area contributed by atoms with Gasteiger partial charge < -0.3 is 5.21 Å². The third kappa shape index (κ3) is 2.28. The number of nitrogens with zero attached hydrogens (tertiary/aromatic N) is 3. The van der Waals surface area contributed by atoms with Gasteiger partial charge in [-0.2, -0.15) is 0 Å². The highest BCUT2D eigenvalue weighted by Crippen LogP contribution is 2.17. The smallest absolute Gasteiger partial charge is 0.354 e. The van der Waals surface area contributed by atoms with Crippen LogP contribution in [0.5, 0.6) is 0 Å². The fraction of sp³-hybridized carbons (Fsp3) is 0. The summed E-state index contributed by atoms with van der Waals surface area (Å²) in [7, 11) is 0. The molecule has 3 aromatic rings. The van der Waals surface area contributed by atoms with Crippen molar-refractivity contribution in [3.63, 3.8) is 0 Å². The van der Waals surface area contributed by atoms with Crippen LogP contribution >= 0.6 is 0 Å². The summed E-state index contributed by atoms with van der Waals surface area (Å²) in [5.74, 6) is 0.280. The Kier molecular flexibility index (Phi) is 2.90. The molecule has 0 amide bonds. The lowest BCUT2D eigenvalue weighted by Gasteiger charge is -2.06. The van der Waals surface area contributed by atoms with Crippen LogP contribution in [0.3, 0.4) is 0 Å². The Morgan fingerprint density at radius 1 is 0.737 bits per heavy atom. The Balaban J connectivity index is 2.02. The number of azo groups is 1. The standard InChI is InChI=1S/C15H11N3O/c19-18-14-9-5-4-6-12(14)10-11-15(18)17-16-13-7-2-1-3-8-13/h1-11H. The SMILES string of the molecule is [O-][n+]1c(N=Nc2ccccc2)ccc2ccccc21. The minimum Gasteiger partial charge on any atom is -0.710 e. The fourth-order valence-corrected chi connectivity index (χ4v) is 1.85. The second-order valence-corrected chi connectivity index (χ2v) is 4.08. The van der Waals surface area contributed by atoms with Crippen molar-refractivity contribution < 1.29 is 4.73 Å². The van der Waals surface area contributed by atoms with Crippen molar-refractivity contribution in [2.75, 3.05) is 0 Å². The molecule has 0 N–H and O–H groups in total. The number of aromatic nitrogens is 1. The average Bonchev–Trinajstić information content (AvgIpc) is 2.48. The number of benzene rings is 2. The van der Waals surface area contributed by atoms with Crippen molar-refractivity contribution in [3.8, 4) is 0 Å². The van der Waals surface area contributed by atoms with Gasteiger partial charge in [0.25, 0.3) is 0 Å². The zero-order valence-corrected chi connectivity index (χ0v) is 10.1. The molecule has 3 rings (SSSR count). The summed E-state index contributed by atoms with van der Waals surface area (Å²) in [6.07, 6.45) is 0. The van der Waals surface area contributed by atoms with E-state index in [1.54, 1.807) is 12.1 Å². The predicted molar refractivity (Wildman–Crippen MR) is 73.5 cm³/mol. The summed E-state index contributed by atoms with van der Waals surface area (Å²) in [5.41, 5.74) is 1.31. The highest BCUT2D eigenvalue weighted by atomic mass is 16.5. The molecule has 0 aliphatic carbocycles. The number of fused-ring (bicyclic) bond motifs is 1. The van der Waals surface area contributed by atoms with Gasteiger partial charge in [0.1, 0.15) is 11.2 Å². The van der Waals surface area contributed by atoms with E-state index in [1.807, 2.05) is 54.6 Å². The molecule has 0 atom stereocenters. The Labute approximate surface area is 110 Å². The molecule has 0 unspecified atom stereocenters. The summed E-state index contributed by atoms with van der Waals surface area (Å²) in [6.45, 7) is 0. The van der Waals surface area contributed by atoms with Gasteiger partial charge in [-0.15, -0.1) is 0 Å². The molecule has 0 spiro atoms. The van der Waals surface area contributed by atoms with Crippen molar-refractivity contribution >= 4 is 22.4 Å². The lowest BCUT2D eigenvalue weighted by atomic mass is 10.2. The minimum absolute atomic E-state index is 0.280. The van der Waals surface area contributed by atoms with Gasteiger partial charge in [0, 0.05) is 11.5 Å². The first-order valence-electron chi connectivity index (χ1n) is 5.93. The highest BCUT2D eigenvalue weighted by Gasteiger charge is 2.07. The molecular weight excluding hydrogens is 238 g/mol. The maximum Gasteiger partial charge on any atom is 0.354 e. The van der Waals surface area contributed by atoms with Gasteiger partial charge in [-0.25, -0.2) is 4.73 Å². The Bertz CT molecular complexity index is 739. The summed E-state index contributed by atoms with van der Waals surface area (Å²) >= 11 is 0. The molecule has 4 heteroatoms. The molecule has 2 aromatic carbocycles. The fourth-order valence-electron chi connectivity index (χ4n) is 1.85. The van der Waals surface area contributed by atoms with Crippen LogP contribution < -0.4 is 4.73 Å². The van der Waals surface area contributed by atoms with Gasteiger partial charge in [0.2, 0.25) is 0 Å². The van der Waals surface area contributed by atoms with E-state index < -0.39 is 0 Å². The highest BCUT2D eigenvalue weighted by molar-refractivity contribution is 5.76. The second-order valence-electron chi connectivity index (χ2n) is 4.08. The third-order valence-corrected chi connectivity index (χ3v) is 2.80. The molecule has 4 nitrogen and oxygen atoms in total. The van der Waals surface area contributed by atoms with Crippen LogP contribution in [0, 0.1) is 5.21 Å². The van der Waals surface area contributed by atoms with Crippen LogP contribution in [0.4, 0.5) is 11.5 Å². The predicted octanol–water partition coefficient (Wildman–Crippen LogP) is 3.89. The van der Waals surface area contributed by atoms with E-state index in [2.05, 4.69) is 10.2 Å². The van der Waals surface area contributed by atoms with Crippen molar-refractivity contribution in [2.45, 2.75) is 0 Å². The lowest BCUT2D eigenvalue weighted by Crippen LogP contribution is -2.26. The van der Waals surface area contributed by atoms with Crippen LogP contribution in [-0.2, 0) is 0 Å². The monoisotopic (exact) mass is 249 g/mol. The molecule has 19 heavy (non-hydrogen) atoms. The van der Waals surface area contributed by atoms with Gasteiger partial charge in [0.05, 0.1) is 5.11 Å². The van der Waals surface area contributed by atoms with Gasteiger partial charge in [-0.3, -0.25) is 0 Å². The van der Waals surface area contributed by atoms with E-state index in [-0.39, 0.29) is 5.82 Å². The minimum atomic E-state index is 0.280. The van der Waals surface area contributed by atoms with Crippen LogP contribution in [0.25, 0.3) is 10.9 Å². The van der Waals surface area contributed by atoms with Crippen LogP contribution in [0.1, 0.15) is 0 Å². The summed E-state index contributed by atoms with van der Waals surface area (Å²) in [6, 6.07) is 20.2. The van der Waals surface area contributed by atoms with E-state index in [0.717, 1.165) is 15.8 Å². The van der Waals surface area contributed by atoms with Crippen molar-refractivity contribution in [3.05, 3.63) is 71.9 Å². The number of pyridine rings is 1. The number of hydrogen-bond acceptors (Lipinski definition) is 3. The molecular formula is C15H11N3O. The number of rotatable bonds is 2. The molecule has 0 saturated heterocycles. The molecule has 92 valence electrons. The first-order valence-corrected chi connectivity index (χ1v) is 5.93. The largest absolute Gasteiger partial charge is 0.710 e. The van der Waals surface area contributed by atoms with E-state index in [9.17, 15) is 5.21 Å². The van der Waals surface area contributed by atoms with E-state index in [0.29, 0.717) is 5.52 Å². The van der Waals surface area contributed by atoms with Crippen molar-refractivity contribution in [1.29, 1.82) is 0 Å². The molecule has 0 aliphatic rings. The van der Waals surface area contributed by atoms with Gasteiger partial charge in [0.15, 0.2) is 0 Å². The Morgan fingerprint density at radius 3 is 2.32 bits per heavy atom. The number of para-hydroxylation sites is 1. The summed E-state index contributed by atoms with van der Waals surface area (Å²) in [4.78, 5) is 0. The second kappa shape index (κ2) is 4.86. The Hall–Kier alpha value is -2.75. The first kappa shape index (κ1) is 11.3. The van der Waals surface area contributed by atoms with Crippen molar-refractivity contribution in [2.24, 2.45) is 10.2 Å². The number of hydrogen-bond donors (Lipinski definition) is 0. The lowest BCUT2D eigenvalue weighted by molar-refractivity contribution is -0.563. The van der Waals surface area contributed by atoms with E-state index in [1.165, 1.54) is 0 Å². The Morgan fingerprint density at radius 2 is 1.47 bits per heavy atom. The van der Waals surface area contributed by atoms with E-state index >= 15 is 0 Å². The van der Waals surface area contributed by atoms with Crippen LogP contribution in [0.2, 0.25) is 0 Å². The molecule has 1 aromatic heterocycles. The van der Waals surface area contributed by atoms with E-state index in [4.69, 9.17) is 0 Å². The summed E-state index contributed by atoms with van der Waals surface area (Å²) in [5, 5.41) is 21.0.